The maximum Gasteiger partial charge on any atom is 0.263 e. The maximum absolute atomic E-state index is 13.4. The molecule has 176 valence electrons. The van der Waals surface area contributed by atoms with Crippen LogP contribution in [-0.2, 0) is 6.54 Å². The van der Waals surface area contributed by atoms with E-state index < -0.39 is 0 Å². The molecule has 3 aromatic heterocycles. The lowest BCUT2D eigenvalue weighted by molar-refractivity contribution is 0.0939. The second-order valence-electron chi connectivity index (χ2n) is 9.50. The van der Waals surface area contributed by atoms with Gasteiger partial charge in [0, 0.05) is 36.1 Å². The first kappa shape index (κ1) is 22.8. The van der Waals surface area contributed by atoms with E-state index in [1.165, 1.54) is 22.5 Å². The van der Waals surface area contributed by atoms with Crippen LogP contribution in [0.25, 0.3) is 15.9 Å². The molecule has 0 saturated carbocycles. The van der Waals surface area contributed by atoms with Gasteiger partial charge in [-0.2, -0.15) is 0 Å². The number of carbonyl (C=O) groups is 1. The SMILES string of the molecule is Cc1ccc(CN2CCC(CNC(=O)c3sc4ncccc4c3-n3c(C)ccc3C)CC2)cc1. The first-order valence-corrected chi connectivity index (χ1v) is 12.9. The van der Waals surface area contributed by atoms with Gasteiger partial charge >= 0.3 is 0 Å². The van der Waals surface area contributed by atoms with Crippen molar-refractivity contribution in [3.8, 4) is 5.69 Å². The molecule has 1 N–H and O–H groups in total. The minimum absolute atomic E-state index is 0.00702. The molecular weight excluding hydrogens is 440 g/mol. The molecule has 1 aromatic carbocycles. The van der Waals surface area contributed by atoms with E-state index >= 15 is 0 Å². The van der Waals surface area contributed by atoms with Crippen LogP contribution in [0.15, 0.2) is 54.7 Å². The number of carbonyl (C=O) groups excluding carboxylic acids is 1. The molecule has 1 aliphatic rings. The summed E-state index contributed by atoms with van der Waals surface area (Å²) in [6, 6.07) is 17.0. The summed E-state index contributed by atoms with van der Waals surface area (Å²) in [5, 5.41) is 4.29. The minimum atomic E-state index is 0.00702. The van der Waals surface area contributed by atoms with Crippen LogP contribution in [0.4, 0.5) is 0 Å². The number of hydrogen-bond donors (Lipinski definition) is 1. The topological polar surface area (TPSA) is 50.2 Å². The number of aryl methyl sites for hydroxylation is 3. The lowest BCUT2D eigenvalue weighted by Crippen LogP contribution is -2.38. The summed E-state index contributed by atoms with van der Waals surface area (Å²) in [4.78, 5) is 22.1. The number of aromatic nitrogens is 2. The van der Waals surface area contributed by atoms with Crippen LogP contribution in [0.1, 0.15) is 45.0 Å². The Morgan fingerprint density at radius 1 is 1.03 bits per heavy atom. The van der Waals surface area contributed by atoms with Crippen molar-refractivity contribution in [3.05, 3.63) is 82.1 Å². The first-order chi connectivity index (χ1) is 16.5. The van der Waals surface area contributed by atoms with Crippen molar-refractivity contribution < 1.29 is 4.79 Å². The van der Waals surface area contributed by atoms with Crippen LogP contribution in [0.5, 0.6) is 0 Å². The molecule has 1 amide bonds. The fourth-order valence-electron chi connectivity index (χ4n) is 4.93. The van der Waals surface area contributed by atoms with Gasteiger partial charge < -0.3 is 9.88 Å². The number of hydrogen-bond acceptors (Lipinski definition) is 4. The third-order valence-corrected chi connectivity index (χ3v) is 8.03. The average Bonchev–Trinajstić information content (AvgIpc) is 3.38. The van der Waals surface area contributed by atoms with E-state index in [1.54, 1.807) is 6.20 Å². The van der Waals surface area contributed by atoms with Gasteiger partial charge in [0.2, 0.25) is 0 Å². The van der Waals surface area contributed by atoms with Crippen LogP contribution >= 0.6 is 11.3 Å². The molecular formula is C28H32N4OS. The normalized spacial score (nSPS) is 15.1. The zero-order chi connectivity index (χ0) is 23.7. The summed E-state index contributed by atoms with van der Waals surface area (Å²) in [6.07, 6.45) is 4.02. The van der Waals surface area contributed by atoms with Crippen LogP contribution in [-0.4, -0.2) is 40.0 Å². The molecule has 5 nitrogen and oxygen atoms in total. The molecule has 4 aromatic rings. The third kappa shape index (κ3) is 4.65. The number of nitrogens with zero attached hydrogens (tertiary/aromatic N) is 3. The van der Waals surface area contributed by atoms with Crippen molar-refractivity contribution in [3.63, 3.8) is 0 Å². The maximum atomic E-state index is 13.4. The zero-order valence-corrected chi connectivity index (χ0v) is 21.0. The number of fused-ring (bicyclic) bond motifs is 1. The Labute approximate surface area is 205 Å². The Morgan fingerprint density at radius 3 is 2.44 bits per heavy atom. The van der Waals surface area contributed by atoms with Crippen molar-refractivity contribution in [2.24, 2.45) is 5.92 Å². The summed E-state index contributed by atoms with van der Waals surface area (Å²) >= 11 is 1.48. The molecule has 1 saturated heterocycles. The molecule has 6 heteroatoms. The van der Waals surface area contributed by atoms with Gasteiger partial charge in [0.1, 0.15) is 9.71 Å². The number of nitrogens with one attached hydrogen (secondary N) is 1. The molecule has 0 radical (unpaired) electrons. The average molecular weight is 473 g/mol. The highest BCUT2D eigenvalue weighted by Crippen LogP contribution is 2.35. The lowest BCUT2D eigenvalue weighted by atomic mass is 9.96. The van der Waals surface area contributed by atoms with Crippen LogP contribution in [0.3, 0.4) is 0 Å². The molecule has 4 heterocycles. The Bertz CT molecular complexity index is 1280. The van der Waals surface area contributed by atoms with E-state index in [0.29, 0.717) is 5.92 Å². The first-order valence-electron chi connectivity index (χ1n) is 12.1. The number of likely N-dealkylation sites (tertiary alicyclic amines) is 1. The fourth-order valence-corrected chi connectivity index (χ4v) is 5.98. The largest absolute Gasteiger partial charge is 0.351 e. The van der Waals surface area contributed by atoms with Crippen LogP contribution in [0.2, 0.25) is 0 Å². The van der Waals surface area contributed by atoms with E-state index in [-0.39, 0.29) is 5.91 Å². The van der Waals surface area contributed by atoms with Crippen molar-refractivity contribution in [2.45, 2.75) is 40.2 Å². The zero-order valence-electron chi connectivity index (χ0n) is 20.2. The molecule has 0 aliphatic carbocycles. The van der Waals surface area contributed by atoms with Gasteiger partial charge in [0.15, 0.2) is 0 Å². The third-order valence-electron chi connectivity index (χ3n) is 6.93. The monoisotopic (exact) mass is 472 g/mol. The quantitative estimate of drug-likeness (QED) is 0.394. The Balaban J connectivity index is 1.25. The molecule has 0 spiro atoms. The Kier molecular flexibility index (Phi) is 6.53. The highest BCUT2D eigenvalue weighted by Gasteiger charge is 2.24. The summed E-state index contributed by atoms with van der Waals surface area (Å²) < 4.78 is 2.18. The second kappa shape index (κ2) is 9.72. The Hall–Kier alpha value is -2.96. The number of thiophene rings is 1. The van der Waals surface area contributed by atoms with E-state index in [9.17, 15) is 4.79 Å². The summed E-state index contributed by atoms with van der Waals surface area (Å²) in [5.41, 5.74) is 5.88. The second-order valence-corrected chi connectivity index (χ2v) is 10.5. The lowest BCUT2D eigenvalue weighted by Gasteiger charge is -2.32. The molecule has 1 aliphatic heterocycles. The van der Waals surface area contributed by atoms with Gasteiger partial charge in [-0.1, -0.05) is 29.8 Å². The molecule has 1 fully saturated rings. The van der Waals surface area contributed by atoms with Gasteiger partial charge in [0.25, 0.3) is 5.91 Å². The molecule has 5 rings (SSSR count). The van der Waals surface area contributed by atoms with E-state index in [2.05, 4.69) is 83.0 Å². The van der Waals surface area contributed by atoms with Crippen LogP contribution in [0, 0.1) is 26.7 Å². The summed E-state index contributed by atoms with van der Waals surface area (Å²) in [7, 11) is 0. The van der Waals surface area contributed by atoms with Gasteiger partial charge in [-0.3, -0.25) is 9.69 Å². The van der Waals surface area contributed by atoms with Gasteiger partial charge in [-0.05, 0) is 82.4 Å². The van der Waals surface area contributed by atoms with Crippen molar-refractivity contribution >= 4 is 27.5 Å². The van der Waals surface area contributed by atoms with Crippen molar-refractivity contribution in [2.75, 3.05) is 19.6 Å². The number of amides is 1. The number of pyridine rings is 1. The van der Waals surface area contributed by atoms with Gasteiger partial charge in [-0.25, -0.2) is 4.98 Å². The predicted octanol–water partition coefficient (Wildman–Crippen LogP) is 5.65. The Morgan fingerprint density at radius 2 is 1.74 bits per heavy atom. The van der Waals surface area contributed by atoms with E-state index in [4.69, 9.17) is 0 Å². The van der Waals surface area contributed by atoms with Crippen molar-refractivity contribution in [1.82, 2.24) is 19.8 Å². The van der Waals surface area contributed by atoms with Gasteiger partial charge in [-0.15, -0.1) is 11.3 Å². The fraction of sp³-hybridized carbons (Fsp3) is 0.357. The minimum Gasteiger partial charge on any atom is -0.351 e. The predicted molar refractivity (Wildman–Crippen MR) is 140 cm³/mol. The summed E-state index contributed by atoms with van der Waals surface area (Å²) in [6.45, 7) is 10.2. The number of benzene rings is 1. The van der Waals surface area contributed by atoms with E-state index in [1.807, 2.05) is 6.07 Å². The van der Waals surface area contributed by atoms with Crippen molar-refractivity contribution in [1.29, 1.82) is 0 Å². The van der Waals surface area contributed by atoms with E-state index in [0.717, 1.165) is 71.2 Å². The smallest absolute Gasteiger partial charge is 0.263 e. The highest BCUT2D eigenvalue weighted by atomic mass is 32.1. The molecule has 0 bridgehead atoms. The molecule has 0 unspecified atom stereocenters. The highest BCUT2D eigenvalue weighted by molar-refractivity contribution is 7.21. The number of rotatable bonds is 6. The molecule has 34 heavy (non-hydrogen) atoms. The number of piperidine rings is 1. The van der Waals surface area contributed by atoms with Crippen LogP contribution < -0.4 is 5.32 Å². The van der Waals surface area contributed by atoms with Gasteiger partial charge in [0.05, 0.1) is 5.69 Å². The summed E-state index contributed by atoms with van der Waals surface area (Å²) in [5.74, 6) is 0.525. The standard InChI is InChI=1S/C28H32N4OS/c1-19-6-10-23(11-7-19)18-31-15-12-22(13-16-31)17-30-27(33)26-25(32-20(2)8-9-21(32)3)24-5-4-14-29-28(24)34-26/h4-11,14,22H,12-13,15-18H2,1-3H3,(H,30,33). The molecule has 0 atom stereocenters.